The number of anilines is 1. The number of benzene rings is 2. The highest BCUT2D eigenvalue weighted by atomic mass is 19.4. The number of rotatable bonds is 15. The summed E-state index contributed by atoms with van der Waals surface area (Å²) in [6, 6.07) is 7.91. The summed E-state index contributed by atoms with van der Waals surface area (Å²) in [5.74, 6) is -4.98. The lowest BCUT2D eigenvalue weighted by molar-refractivity contribution is -0.287. The highest BCUT2D eigenvalue weighted by molar-refractivity contribution is 5.98. The lowest BCUT2D eigenvalue weighted by atomic mass is 10.0. The van der Waals surface area contributed by atoms with Gasteiger partial charge in [-0.15, -0.1) is 26.3 Å². The van der Waals surface area contributed by atoms with Crippen molar-refractivity contribution in [1.82, 2.24) is 10.2 Å². The van der Waals surface area contributed by atoms with Gasteiger partial charge in [0.15, 0.2) is 11.5 Å². The Balaban J connectivity index is 2.25. The largest absolute Gasteiger partial charge is 0.573 e. The molecule has 2 aromatic rings. The second-order valence-corrected chi connectivity index (χ2v) is 9.10. The minimum absolute atomic E-state index is 0.0180. The van der Waals surface area contributed by atoms with Crippen molar-refractivity contribution >= 4 is 23.4 Å². The predicted molar refractivity (Wildman–Crippen MR) is 142 cm³/mol. The van der Waals surface area contributed by atoms with E-state index < -0.39 is 66.1 Å². The van der Waals surface area contributed by atoms with Crippen LogP contribution in [0.3, 0.4) is 0 Å². The van der Waals surface area contributed by atoms with Crippen molar-refractivity contribution in [3.8, 4) is 11.5 Å². The van der Waals surface area contributed by atoms with E-state index in [4.69, 9.17) is 17.2 Å². The molecule has 8 N–H and O–H groups in total. The molecule has 0 bridgehead atoms. The maximum absolute atomic E-state index is 13.2. The number of ether oxygens (including phenoxy) is 2. The number of aryl methyl sites for hydroxylation is 1. The fourth-order valence-electron chi connectivity index (χ4n) is 3.81. The number of hydrogen-bond donors (Lipinski definition) is 5. The summed E-state index contributed by atoms with van der Waals surface area (Å²) in [5, 5.41) is 4.68. The average molecular weight is 623 g/mol. The van der Waals surface area contributed by atoms with Crippen LogP contribution in [0.15, 0.2) is 48.5 Å². The van der Waals surface area contributed by atoms with Crippen molar-refractivity contribution in [2.45, 2.75) is 44.1 Å². The molecular weight excluding hydrogens is 590 g/mol. The van der Waals surface area contributed by atoms with Gasteiger partial charge in [-0.2, -0.15) is 0 Å². The highest BCUT2D eigenvalue weighted by Crippen LogP contribution is 2.37. The number of carbonyl (C=O) groups excluding carboxylic acids is 3. The number of amides is 3. The molecule has 0 aromatic heterocycles. The van der Waals surface area contributed by atoms with Gasteiger partial charge in [-0.1, -0.05) is 30.3 Å². The molecule has 11 nitrogen and oxygen atoms in total. The second-order valence-electron chi connectivity index (χ2n) is 9.10. The molecule has 0 unspecified atom stereocenters. The van der Waals surface area contributed by atoms with Gasteiger partial charge in [0.1, 0.15) is 6.04 Å². The molecule has 0 aliphatic rings. The zero-order valence-electron chi connectivity index (χ0n) is 22.7. The molecule has 2 atom stereocenters. The SMILES string of the molecule is NCCN(CCN)C(=O)C[C@H](N)C(=O)N[C@@H](CCc1ccccc1)C(=O)Nc1ccc(OC(F)(F)F)c(OC(F)(F)F)c1. The molecule has 0 saturated heterocycles. The summed E-state index contributed by atoms with van der Waals surface area (Å²) >= 11 is 0. The first kappa shape index (κ1) is 35.1. The number of nitrogens with two attached hydrogens (primary N) is 3. The van der Waals surface area contributed by atoms with Gasteiger partial charge in [0.05, 0.1) is 12.5 Å². The van der Waals surface area contributed by atoms with Crippen molar-refractivity contribution < 1.29 is 50.2 Å². The number of nitrogens with zero attached hydrogens (tertiary/aromatic N) is 1. The first-order chi connectivity index (χ1) is 20.1. The summed E-state index contributed by atoms with van der Waals surface area (Å²) < 4.78 is 83.7. The van der Waals surface area contributed by atoms with Gasteiger partial charge < -0.3 is 42.2 Å². The van der Waals surface area contributed by atoms with E-state index in [1.54, 1.807) is 30.3 Å². The molecule has 0 spiro atoms. The molecule has 0 heterocycles. The summed E-state index contributed by atoms with van der Waals surface area (Å²) in [6.07, 6.45) is -10.9. The number of carbonyl (C=O) groups is 3. The van der Waals surface area contributed by atoms with Crippen molar-refractivity contribution in [2.75, 3.05) is 31.5 Å². The Bertz CT molecular complexity index is 1210. The van der Waals surface area contributed by atoms with Gasteiger partial charge in [-0.05, 0) is 30.5 Å². The normalized spacial score (nSPS) is 13.0. The molecule has 0 aliphatic heterocycles. The number of alkyl halides is 6. The minimum atomic E-state index is -5.38. The van der Waals surface area contributed by atoms with Crippen molar-refractivity contribution in [2.24, 2.45) is 17.2 Å². The van der Waals surface area contributed by atoms with Gasteiger partial charge in [-0.25, -0.2) is 0 Å². The van der Waals surface area contributed by atoms with E-state index in [1.165, 1.54) is 4.90 Å². The zero-order chi connectivity index (χ0) is 32.2. The van der Waals surface area contributed by atoms with Crippen LogP contribution in [0.5, 0.6) is 11.5 Å². The monoisotopic (exact) mass is 622 g/mol. The summed E-state index contributed by atoms with van der Waals surface area (Å²) in [5.41, 5.74) is 17.3. The van der Waals surface area contributed by atoms with Gasteiger partial charge in [-0.3, -0.25) is 14.4 Å². The van der Waals surface area contributed by atoms with Crippen molar-refractivity contribution in [1.29, 1.82) is 0 Å². The first-order valence-corrected chi connectivity index (χ1v) is 12.9. The van der Waals surface area contributed by atoms with Crippen LogP contribution in [0.4, 0.5) is 32.0 Å². The standard InChI is InChI=1S/C26H32F6N6O5/c27-25(28,29)42-20-9-7-17(14-21(20)43-26(30,31)32)36-24(41)19(8-6-16-4-2-1-3-5-16)37-23(40)18(35)15-22(39)38(12-10-33)13-11-34/h1-5,7,9,14,18-19H,6,8,10-13,15,33-35H2,(H,36,41)(H,37,40)/t18-,19-/m0/s1. The van der Waals surface area contributed by atoms with E-state index in [0.717, 1.165) is 11.6 Å². The summed E-state index contributed by atoms with van der Waals surface area (Å²) in [4.78, 5) is 39.9. The van der Waals surface area contributed by atoms with Crippen LogP contribution in [0.25, 0.3) is 0 Å². The maximum Gasteiger partial charge on any atom is 0.573 e. The zero-order valence-corrected chi connectivity index (χ0v) is 22.7. The van der Waals surface area contributed by atoms with Gasteiger partial charge in [0, 0.05) is 37.9 Å². The minimum Gasteiger partial charge on any atom is -0.402 e. The van der Waals surface area contributed by atoms with E-state index in [1.807, 2.05) is 0 Å². The molecule has 0 radical (unpaired) electrons. The smallest absolute Gasteiger partial charge is 0.402 e. The quantitative estimate of drug-likeness (QED) is 0.188. The Morgan fingerprint density at radius 3 is 1.98 bits per heavy atom. The molecule has 0 saturated carbocycles. The van der Waals surface area contributed by atoms with Crippen LogP contribution in [0, 0.1) is 0 Å². The number of nitrogens with one attached hydrogen (secondary N) is 2. The Morgan fingerprint density at radius 1 is 0.837 bits per heavy atom. The van der Waals surface area contributed by atoms with Gasteiger partial charge in [0.25, 0.3) is 0 Å². The third-order valence-electron chi connectivity index (χ3n) is 5.74. The molecule has 0 aliphatic carbocycles. The Hall–Kier alpha value is -4.09. The van der Waals surface area contributed by atoms with Gasteiger partial charge >= 0.3 is 12.7 Å². The van der Waals surface area contributed by atoms with E-state index in [9.17, 15) is 40.7 Å². The van der Waals surface area contributed by atoms with E-state index in [0.29, 0.717) is 12.1 Å². The van der Waals surface area contributed by atoms with E-state index in [2.05, 4.69) is 20.1 Å². The summed E-state index contributed by atoms with van der Waals surface area (Å²) in [7, 11) is 0. The van der Waals surface area contributed by atoms with Crippen LogP contribution < -0.4 is 37.3 Å². The van der Waals surface area contributed by atoms with Crippen LogP contribution in [-0.4, -0.2) is 73.6 Å². The fourth-order valence-corrected chi connectivity index (χ4v) is 3.81. The predicted octanol–water partition coefficient (Wildman–Crippen LogP) is 2.00. The second kappa shape index (κ2) is 15.9. The average Bonchev–Trinajstić information content (AvgIpc) is 2.91. The van der Waals surface area contributed by atoms with Crippen LogP contribution >= 0.6 is 0 Å². The van der Waals surface area contributed by atoms with Crippen LogP contribution in [-0.2, 0) is 20.8 Å². The highest BCUT2D eigenvalue weighted by Gasteiger charge is 2.37. The molecular formula is C26H32F6N6O5. The Labute approximate surface area is 242 Å². The maximum atomic E-state index is 13.2. The molecule has 238 valence electrons. The van der Waals surface area contributed by atoms with E-state index in [-0.39, 0.29) is 39.0 Å². The van der Waals surface area contributed by atoms with Gasteiger partial charge in [0.2, 0.25) is 17.7 Å². The van der Waals surface area contributed by atoms with Crippen LogP contribution in [0.2, 0.25) is 0 Å². The molecule has 2 rings (SSSR count). The molecule has 43 heavy (non-hydrogen) atoms. The third-order valence-corrected chi connectivity index (χ3v) is 5.74. The van der Waals surface area contributed by atoms with Crippen LogP contribution in [0.1, 0.15) is 18.4 Å². The Morgan fingerprint density at radius 2 is 1.42 bits per heavy atom. The molecule has 2 aromatic carbocycles. The topological polar surface area (TPSA) is 175 Å². The third kappa shape index (κ3) is 12.8. The number of hydrogen-bond acceptors (Lipinski definition) is 8. The Kier molecular flexibility index (Phi) is 13.0. The van der Waals surface area contributed by atoms with E-state index >= 15 is 0 Å². The summed E-state index contributed by atoms with van der Waals surface area (Å²) in [6.45, 7) is 0.653. The molecule has 0 fully saturated rings. The first-order valence-electron chi connectivity index (χ1n) is 12.9. The fraction of sp³-hybridized carbons (Fsp3) is 0.423. The lowest BCUT2D eigenvalue weighted by Crippen LogP contribution is -2.52. The van der Waals surface area contributed by atoms with Crippen molar-refractivity contribution in [3.05, 3.63) is 54.1 Å². The molecule has 3 amide bonds. The lowest BCUT2D eigenvalue weighted by Gasteiger charge is -2.24. The number of halogens is 6. The van der Waals surface area contributed by atoms with Crippen molar-refractivity contribution in [3.63, 3.8) is 0 Å². The molecule has 17 heteroatoms.